The lowest BCUT2D eigenvalue weighted by molar-refractivity contribution is -0.385. The predicted molar refractivity (Wildman–Crippen MR) is 57.9 cm³/mol. The molecule has 88 valence electrons. The van der Waals surface area contributed by atoms with E-state index in [1.54, 1.807) is 6.92 Å². The van der Waals surface area contributed by atoms with Crippen molar-refractivity contribution in [3.63, 3.8) is 0 Å². The van der Waals surface area contributed by atoms with Crippen molar-refractivity contribution < 1.29 is 14.8 Å². The molecule has 0 fully saturated rings. The first-order valence-electron chi connectivity index (χ1n) is 4.83. The lowest BCUT2D eigenvalue weighted by Gasteiger charge is -1.99. The fourth-order valence-electron chi connectivity index (χ4n) is 1.66. The van der Waals surface area contributed by atoms with E-state index in [4.69, 9.17) is 5.11 Å². The van der Waals surface area contributed by atoms with Crippen molar-refractivity contribution in [3.05, 3.63) is 39.8 Å². The summed E-state index contributed by atoms with van der Waals surface area (Å²) in [7, 11) is 0. The summed E-state index contributed by atoms with van der Waals surface area (Å²) in [6, 6.07) is 2.84. The highest BCUT2D eigenvalue weighted by molar-refractivity contribution is 5.70. The highest BCUT2D eigenvalue weighted by Crippen LogP contribution is 2.17. The predicted octanol–water partition coefficient (Wildman–Crippen LogP) is 1.18. The second kappa shape index (κ2) is 3.85. The zero-order valence-corrected chi connectivity index (χ0v) is 8.95. The number of nitrogens with zero attached hydrogens (tertiary/aromatic N) is 3. The Bertz CT molecular complexity index is 617. The van der Waals surface area contributed by atoms with Crippen LogP contribution in [0, 0.1) is 17.0 Å². The van der Waals surface area contributed by atoms with Crippen LogP contribution in [0.2, 0.25) is 0 Å². The van der Waals surface area contributed by atoms with Gasteiger partial charge in [0.1, 0.15) is 5.65 Å². The second-order valence-corrected chi connectivity index (χ2v) is 3.59. The number of fused-ring (bicyclic) bond motifs is 1. The first-order chi connectivity index (χ1) is 7.99. The van der Waals surface area contributed by atoms with Crippen LogP contribution < -0.4 is 0 Å². The standard InChI is InChI=1S/C10H9N3O4/c1-6-8(4-10(14)15)12-5-7(13(16)17)2-3-9(12)11-6/h2-3,5H,4H2,1H3,(H,14,15). The number of aromatic nitrogens is 2. The minimum absolute atomic E-state index is 0.0958. The van der Waals surface area contributed by atoms with Crippen molar-refractivity contribution in [2.24, 2.45) is 0 Å². The molecule has 2 rings (SSSR count). The molecular weight excluding hydrogens is 226 g/mol. The normalized spacial score (nSPS) is 10.6. The van der Waals surface area contributed by atoms with Gasteiger partial charge in [-0.2, -0.15) is 0 Å². The molecule has 0 aliphatic carbocycles. The number of carboxylic acid groups (broad SMARTS) is 1. The van der Waals surface area contributed by atoms with Gasteiger partial charge in [-0.25, -0.2) is 4.98 Å². The summed E-state index contributed by atoms with van der Waals surface area (Å²) < 4.78 is 1.45. The largest absolute Gasteiger partial charge is 0.481 e. The van der Waals surface area contributed by atoms with Gasteiger partial charge in [-0.15, -0.1) is 0 Å². The third-order valence-corrected chi connectivity index (χ3v) is 2.43. The summed E-state index contributed by atoms with van der Waals surface area (Å²) in [6.45, 7) is 1.68. The summed E-state index contributed by atoms with van der Waals surface area (Å²) in [5.74, 6) is -0.999. The van der Waals surface area contributed by atoms with Crippen molar-refractivity contribution >= 4 is 17.3 Å². The van der Waals surface area contributed by atoms with E-state index in [1.165, 1.54) is 22.7 Å². The number of hydrogen-bond acceptors (Lipinski definition) is 4. The highest BCUT2D eigenvalue weighted by atomic mass is 16.6. The van der Waals surface area contributed by atoms with E-state index >= 15 is 0 Å². The minimum atomic E-state index is -0.999. The average Bonchev–Trinajstić information content (AvgIpc) is 2.54. The maximum atomic E-state index is 10.7. The lowest BCUT2D eigenvalue weighted by atomic mass is 10.2. The van der Waals surface area contributed by atoms with Crippen LogP contribution in [-0.4, -0.2) is 25.4 Å². The molecule has 7 heteroatoms. The smallest absolute Gasteiger partial charge is 0.309 e. The van der Waals surface area contributed by atoms with Gasteiger partial charge in [0, 0.05) is 6.07 Å². The van der Waals surface area contributed by atoms with Gasteiger partial charge < -0.3 is 5.11 Å². The van der Waals surface area contributed by atoms with E-state index in [-0.39, 0.29) is 12.1 Å². The summed E-state index contributed by atoms with van der Waals surface area (Å²) >= 11 is 0. The molecule has 2 aromatic rings. The van der Waals surface area contributed by atoms with Crippen molar-refractivity contribution in [1.29, 1.82) is 0 Å². The van der Waals surface area contributed by atoms with Gasteiger partial charge in [-0.3, -0.25) is 19.3 Å². The van der Waals surface area contributed by atoms with Gasteiger partial charge in [0.2, 0.25) is 0 Å². The molecule has 0 saturated carbocycles. The third kappa shape index (κ3) is 1.94. The fourth-order valence-corrected chi connectivity index (χ4v) is 1.66. The number of rotatable bonds is 3. The Morgan fingerprint density at radius 3 is 2.88 bits per heavy atom. The van der Waals surface area contributed by atoms with Crippen molar-refractivity contribution in [2.75, 3.05) is 0 Å². The van der Waals surface area contributed by atoms with Crippen molar-refractivity contribution in [1.82, 2.24) is 9.38 Å². The molecule has 17 heavy (non-hydrogen) atoms. The molecule has 0 bridgehead atoms. The van der Waals surface area contributed by atoms with Crippen molar-refractivity contribution in [2.45, 2.75) is 13.3 Å². The molecular formula is C10H9N3O4. The zero-order valence-electron chi connectivity index (χ0n) is 8.95. The van der Waals surface area contributed by atoms with Gasteiger partial charge in [0.05, 0.1) is 28.9 Å². The van der Waals surface area contributed by atoms with E-state index in [2.05, 4.69) is 4.98 Å². The van der Waals surface area contributed by atoms with Crippen LogP contribution in [0.3, 0.4) is 0 Å². The summed E-state index contributed by atoms with van der Waals surface area (Å²) in [6.07, 6.45) is 1.07. The summed E-state index contributed by atoms with van der Waals surface area (Å²) in [5.41, 5.74) is 1.43. The second-order valence-electron chi connectivity index (χ2n) is 3.59. The number of aliphatic carboxylic acids is 1. The maximum absolute atomic E-state index is 10.7. The van der Waals surface area contributed by atoms with E-state index in [0.29, 0.717) is 17.0 Å². The molecule has 0 spiro atoms. The molecule has 0 aliphatic rings. The summed E-state index contributed by atoms with van der Waals surface area (Å²) in [4.78, 5) is 25.0. The van der Waals surface area contributed by atoms with Crippen LogP contribution in [-0.2, 0) is 11.2 Å². The Morgan fingerprint density at radius 1 is 1.59 bits per heavy atom. The van der Waals surface area contributed by atoms with Crippen molar-refractivity contribution in [3.8, 4) is 0 Å². The monoisotopic (exact) mass is 235 g/mol. The topological polar surface area (TPSA) is 97.7 Å². The Labute approximate surface area is 95.5 Å². The minimum Gasteiger partial charge on any atom is -0.481 e. The highest BCUT2D eigenvalue weighted by Gasteiger charge is 2.14. The van der Waals surface area contributed by atoms with Crippen LogP contribution in [0.4, 0.5) is 5.69 Å². The van der Waals surface area contributed by atoms with Crippen LogP contribution >= 0.6 is 0 Å². The number of hydrogen-bond donors (Lipinski definition) is 1. The zero-order chi connectivity index (χ0) is 12.6. The van der Waals surface area contributed by atoms with Gasteiger partial charge >= 0.3 is 5.97 Å². The van der Waals surface area contributed by atoms with Crippen LogP contribution in [0.5, 0.6) is 0 Å². The SMILES string of the molecule is Cc1nc2ccc([N+](=O)[O-])cn2c1CC(=O)O. The van der Waals surface area contributed by atoms with E-state index in [1.807, 2.05) is 0 Å². The molecule has 0 unspecified atom stereocenters. The Balaban J connectivity index is 2.64. The van der Waals surface area contributed by atoms with E-state index in [0.717, 1.165) is 0 Å². The molecule has 7 nitrogen and oxygen atoms in total. The number of carboxylic acids is 1. The average molecular weight is 235 g/mol. The number of aryl methyl sites for hydroxylation is 1. The van der Waals surface area contributed by atoms with Gasteiger partial charge in [-0.05, 0) is 13.0 Å². The molecule has 1 N–H and O–H groups in total. The molecule has 2 heterocycles. The molecule has 2 aromatic heterocycles. The van der Waals surface area contributed by atoms with Crippen LogP contribution in [0.15, 0.2) is 18.3 Å². The van der Waals surface area contributed by atoms with E-state index < -0.39 is 10.9 Å². The van der Waals surface area contributed by atoms with Crippen LogP contribution in [0.25, 0.3) is 5.65 Å². The first kappa shape index (κ1) is 11.1. The fraction of sp³-hybridized carbons (Fsp3) is 0.200. The number of imidazole rings is 1. The van der Waals surface area contributed by atoms with Crippen LogP contribution in [0.1, 0.15) is 11.4 Å². The number of nitro groups is 1. The molecule has 0 aromatic carbocycles. The lowest BCUT2D eigenvalue weighted by Crippen LogP contribution is -2.05. The Hall–Kier alpha value is -2.44. The molecule has 0 saturated heterocycles. The molecule has 0 atom stereocenters. The number of carbonyl (C=O) groups is 1. The van der Waals surface area contributed by atoms with Gasteiger partial charge in [0.15, 0.2) is 0 Å². The first-order valence-corrected chi connectivity index (χ1v) is 4.83. The molecule has 0 aliphatic heterocycles. The summed E-state index contributed by atoms with van der Waals surface area (Å²) in [5, 5.41) is 19.4. The maximum Gasteiger partial charge on any atom is 0.309 e. The Morgan fingerprint density at radius 2 is 2.29 bits per heavy atom. The molecule has 0 radical (unpaired) electrons. The van der Waals surface area contributed by atoms with Gasteiger partial charge in [0.25, 0.3) is 5.69 Å². The quantitative estimate of drug-likeness (QED) is 0.636. The van der Waals surface area contributed by atoms with E-state index in [9.17, 15) is 14.9 Å². The number of pyridine rings is 1. The molecule has 0 amide bonds. The Kier molecular flexibility index (Phi) is 2.51. The van der Waals surface area contributed by atoms with Gasteiger partial charge in [-0.1, -0.05) is 0 Å². The third-order valence-electron chi connectivity index (χ3n) is 2.43.